The number of hydrogen-bond acceptors (Lipinski definition) is 9. The van der Waals surface area contributed by atoms with Gasteiger partial charge in [-0.3, -0.25) is 24.0 Å². The molecule has 16 heteroatoms. The second kappa shape index (κ2) is 16.0. The Balaban J connectivity index is 1.50. The van der Waals surface area contributed by atoms with E-state index in [2.05, 4.69) is 15.6 Å². The van der Waals surface area contributed by atoms with Crippen molar-refractivity contribution in [3.05, 3.63) is 35.8 Å². The molecule has 2 aliphatic rings. The SMILES string of the molecule is CCCNC(=O)[C@@H]1CCCN1C(=O)COc1cc(C(=O)N[C@@H](CC(=O)O)C(=O)N2CCN(C(=O)OCC)CC2)nc2cc(F)ccc12. The maximum absolute atomic E-state index is 14.2. The molecule has 0 unspecified atom stereocenters. The number of nitrogens with one attached hydrogen (secondary N) is 2. The lowest BCUT2D eigenvalue weighted by atomic mass is 10.1. The predicted molar refractivity (Wildman–Crippen MR) is 164 cm³/mol. The van der Waals surface area contributed by atoms with Gasteiger partial charge >= 0.3 is 12.1 Å². The Morgan fingerprint density at radius 1 is 1.04 bits per heavy atom. The summed E-state index contributed by atoms with van der Waals surface area (Å²) < 4.78 is 25.0. The van der Waals surface area contributed by atoms with Gasteiger partial charge in [0.25, 0.3) is 11.8 Å². The summed E-state index contributed by atoms with van der Waals surface area (Å²) in [6.07, 6.45) is 0.660. The molecule has 2 aliphatic heterocycles. The number of rotatable bonds is 12. The average Bonchev–Trinajstić information content (AvgIpc) is 3.55. The molecule has 2 atom stereocenters. The van der Waals surface area contributed by atoms with E-state index in [0.717, 1.165) is 18.6 Å². The molecule has 2 saturated heterocycles. The number of likely N-dealkylation sites (tertiary alicyclic amines) is 1. The van der Waals surface area contributed by atoms with E-state index in [1.807, 2.05) is 6.92 Å². The Morgan fingerprint density at radius 2 is 1.77 bits per heavy atom. The first-order valence-electron chi connectivity index (χ1n) is 15.6. The van der Waals surface area contributed by atoms with Gasteiger partial charge in [-0.15, -0.1) is 0 Å². The molecule has 0 aliphatic carbocycles. The third-order valence-corrected chi connectivity index (χ3v) is 7.84. The van der Waals surface area contributed by atoms with E-state index < -0.39 is 60.7 Å². The van der Waals surface area contributed by atoms with Gasteiger partial charge in [0.2, 0.25) is 11.8 Å². The Hall–Kier alpha value is -5.02. The van der Waals surface area contributed by atoms with Crippen LogP contribution in [0.25, 0.3) is 10.9 Å². The van der Waals surface area contributed by atoms with Gasteiger partial charge in [-0.25, -0.2) is 14.2 Å². The number of aromatic nitrogens is 1. The van der Waals surface area contributed by atoms with Gasteiger partial charge in [0.1, 0.15) is 29.3 Å². The van der Waals surface area contributed by atoms with Gasteiger partial charge in [-0.2, -0.15) is 0 Å². The molecular weight excluding hydrogens is 619 g/mol. The van der Waals surface area contributed by atoms with Crippen LogP contribution < -0.4 is 15.4 Å². The van der Waals surface area contributed by atoms with Crippen molar-refractivity contribution in [3.63, 3.8) is 0 Å². The van der Waals surface area contributed by atoms with Crippen molar-refractivity contribution in [2.75, 3.05) is 52.5 Å². The zero-order valence-corrected chi connectivity index (χ0v) is 26.3. The van der Waals surface area contributed by atoms with E-state index in [-0.39, 0.29) is 55.7 Å². The third kappa shape index (κ3) is 8.83. The van der Waals surface area contributed by atoms with Gasteiger partial charge in [0.15, 0.2) is 6.61 Å². The summed E-state index contributed by atoms with van der Waals surface area (Å²) in [6, 6.07) is 2.73. The van der Waals surface area contributed by atoms with Crippen LogP contribution in [0, 0.1) is 5.82 Å². The Morgan fingerprint density at radius 3 is 2.45 bits per heavy atom. The number of piperazine rings is 1. The van der Waals surface area contributed by atoms with Crippen molar-refractivity contribution in [1.82, 2.24) is 30.3 Å². The molecule has 1 aromatic heterocycles. The highest BCUT2D eigenvalue weighted by molar-refractivity contribution is 6.00. The number of benzene rings is 1. The van der Waals surface area contributed by atoms with Crippen LogP contribution >= 0.6 is 0 Å². The Labute approximate surface area is 270 Å². The third-order valence-electron chi connectivity index (χ3n) is 7.84. The minimum Gasteiger partial charge on any atom is -0.483 e. The molecule has 3 N–H and O–H groups in total. The number of hydrogen-bond donors (Lipinski definition) is 3. The van der Waals surface area contributed by atoms with E-state index in [9.17, 15) is 38.3 Å². The molecule has 0 radical (unpaired) electrons. The topological polar surface area (TPSA) is 188 Å². The summed E-state index contributed by atoms with van der Waals surface area (Å²) in [6.45, 7) is 4.70. The quantitative estimate of drug-likeness (QED) is 0.299. The molecule has 254 valence electrons. The number of carbonyl (C=O) groups is 6. The number of pyridine rings is 1. The van der Waals surface area contributed by atoms with Crippen LogP contribution in [-0.2, 0) is 23.9 Å². The maximum atomic E-state index is 14.2. The normalized spacial score (nSPS) is 16.8. The maximum Gasteiger partial charge on any atom is 0.409 e. The monoisotopic (exact) mass is 658 g/mol. The lowest BCUT2D eigenvalue weighted by Crippen LogP contribution is -2.56. The van der Waals surface area contributed by atoms with Crippen LogP contribution in [0.3, 0.4) is 0 Å². The minimum absolute atomic E-state index is 0.0225. The van der Waals surface area contributed by atoms with E-state index in [1.54, 1.807) is 6.92 Å². The molecule has 4 rings (SSSR count). The fourth-order valence-corrected chi connectivity index (χ4v) is 5.48. The van der Waals surface area contributed by atoms with Gasteiger partial charge in [-0.05, 0) is 38.3 Å². The second-order valence-electron chi connectivity index (χ2n) is 11.1. The molecule has 2 aromatic rings. The van der Waals surface area contributed by atoms with E-state index in [1.165, 1.54) is 26.8 Å². The number of fused-ring (bicyclic) bond motifs is 1. The predicted octanol–water partition coefficient (Wildman–Crippen LogP) is 1.14. The summed E-state index contributed by atoms with van der Waals surface area (Å²) in [5.41, 5.74) is -0.284. The molecule has 5 amide bonds. The molecular formula is C31H39FN6O9. The smallest absolute Gasteiger partial charge is 0.409 e. The Kier molecular flexibility index (Phi) is 11.9. The van der Waals surface area contributed by atoms with Crippen LogP contribution in [-0.4, -0.2) is 125 Å². The number of ether oxygens (including phenoxy) is 2. The molecule has 47 heavy (non-hydrogen) atoms. The van der Waals surface area contributed by atoms with E-state index in [4.69, 9.17) is 9.47 Å². The molecule has 0 spiro atoms. The first-order chi connectivity index (χ1) is 22.5. The van der Waals surface area contributed by atoms with Gasteiger partial charge in [0.05, 0.1) is 18.5 Å². The van der Waals surface area contributed by atoms with Crippen LogP contribution in [0.15, 0.2) is 24.3 Å². The van der Waals surface area contributed by atoms with Crippen molar-refractivity contribution in [1.29, 1.82) is 0 Å². The number of carboxylic acids is 1. The van der Waals surface area contributed by atoms with E-state index >= 15 is 0 Å². The van der Waals surface area contributed by atoms with Crippen molar-refractivity contribution < 1.29 is 47.7 Å². The lowest BCUT2D eigenvalue weighted by Gasteiger charge is -2.35. The first-order valence-corrected chi connectivity index (χ1v) is 15.6. The lowest BCUT2D eigenvalue weighted by molar-refractivity contribution is -0.143. The molecule has 1 aromatic carbocycles. The zero-order valence-electron chi connectivity index (χ0n) is 26.3. The summed E-state index contributed by atoms with van der Waals surface area (Å²) in [5, 5.41) is 15.0. The van der Waals surface area contributed by atoms with Crippen molar-refractivity contribution in [3.8, 4) is 5.75 Å². The molecule has 0 bridgehead atoms. The molecule has 2 fully saturated rings. The van der Waals surface area contributed by atoms with Crippen molar-refractivity contribution >= 4 is 46.6 Å². The highest BCUT2D eigenvalue weighted by atomic mass is 19.1. The average molecular weight is 659 g/mol. The van der Waals surface area contributed by atoms with Gasteiger partial charge in [0, 0.05) is 56.8 Å². The first kappa shape index (κ1) is 34.8. The fourth-order valence-electron chi connectivity index (χ4n) is 5.48. The summed E-state index contributed by atoms with van der Waals surface area (Å²) in [4.78, 5) is 84.5. The summed E-state index contributed by atoms with van der Waals surface area (Å²) >= 11 is 0. The molecule has 0 saturated carbocycles. The van der Waals surface area contributed by atoms with Crippen LogP contribution in [0.4, 0.5) is 9.18 Å². The second-order valence-corrected chi connectivity index (χ2v) is 11.1. The summed E-state index contributed by atoms with van der Waals surface area (Å²) in [7, 11) is 0. The van der Waals surface area contributed by atoms with E-state index in [0.29, 0.717) is 31.3 Å². The van der Waals surface area contributed by atoms with Gasteiger partial charge < -0.3 is 39.9 Å². The highest BCUT2D eigenvalue weighted by Gasteiger charge is 2.35. The largest absolute Gasteiger partial charge is 0.483 e. The number of nitrogens with zero attached hydrogens (tertiary/aromatic N) is 4. The van der Waals surface area contributed by atoms with Crippen LogP contribution in [0.5, 0.6) is 5.75 Å². The number of halogens is 1. The number of aliphatic carboxylic acids is 1. The van der Waals surface area contributed by atoms with Crippen LogP contribution in [0.2, 0.25) is 0 Å². The standard InChI is InChI=1S/C31H39FN6O9/c1-3-9-33-29(43)24-6-5-10-38(24)26(39)18-47-25-16-22(34-21-15-19(32)7-8-20(21)25)28(42)35-23(17-27(40)41)30(44)36-11-13-37(14-12-36)31(45)46-4-2/h7-8,15-16,23-24H,3-6,9-14,17-18H2,1-2H3,(H,33,43)(H,35,42)(H,40,41)/t23-,24-/m0/s1. The number of amides is 5. The number of carbonyl (C=O) groups excluding carboxylic acids is 5. The summed E-state index contributed by atoms with van der Waals surface area (Å²) in [5.74, 6) is -4.25. The highest BCUT2D eigenvalue weighted by Crippen LogP contribution is 2.27. The van der Waals surface area contributed by atoms with Crippen molar-refractivity contribution in [2.45, 2.75) is 51.6 Å². The van der Waals surface area contributed by atoms with Crippen LogP contribution in [0.1, 0.15) is 50.0 Å². The molecule has 15 nitrogen and oxygen atoms in total. The number of carboxylic acid groups (broad SMARTS) is 1. The van der Waals surface area contributed by atoms with Crippen molar-refractivity contribution in [2.24, 2.45) is 0 Å². The minimum atomic E-state index is -1.48. The Bertz CT molecular complexity index is 1510. The molecule has 3 heterocycles. The zero-order chi connectivity index (χ0) is 34.1. The fraction of sp³-hybridized carbons (Fsp3) is 0.516. The van der Waals surface area contributed by atoms with Gasteiger partial charge in [-0.1, -0.05) is 6.92 Å².